The maximum absolute atomic E-state index is 13.3. The Kier molecular flexibility index (Phi) is 7.39. The molecule has 0 unspecified atom stereocenters. The third-order valence-corrected chi connectivity index (χ3v) is 6.00. The van der Waals surface area contributed by atoms with E-state index in [1.54, 1.807) is 25.1 Å². The number of hydrogen-bond acceptors (Lipinski definition) is 4. The van der Waals surface area contributed by atoms with E-state index in [1.807, 2.05) is 31.2 Å². The van der Waals surface area contributed by atoms with Gasteiger partial charge in [0.1, 0.15) is 6.04 Å². The standard InChI is InChI=1S/C24H29N3O4/c1-17-9-3-4-11-20(17)16-26(18(2)24(29)25-21-12-6-7-13-21)23(28)15-19-10-5-8-14-22(19)27(30)31/h3-5,8-11,14,18,21H,6-7,12-13,15-16H2,1-2H3,(H,25,29)/t18-/m0/s1. The number of amides is 2. The highest BCUT2D eigenvalue weighted by Crippen LogP contribution is 2.22. The summed E-state index contributed by atoms with van der Waals surface area (Å²) in [6.07, 6.45) is 3.98. The van der Waals surface area contributed by atoms with Crippen molar-refractivity contribution in [3.05, 3.63) is 75.3 Å². The van der Waals surface area contributed by atoms with Gasteiger partial charge in [0, 0.05) is 24.2 Å². The average Bonchev–Trinajstić information content (AvgIpc) is 3.25. The Morgan fingerprint density at radius 2 is 1.71 bits per heavy atom. The molecular formula is C24H29N3O4. The molecule has 2 aromatic carbocycles. The number of carbonyl (C=O) groups excluding carboxylic acids is 2. The lowest BCUT2D eigenvalue weighted by atomic mass is 10.0. The molecule has 7 nitrogen and oxygen atoms in total. The zero-order valence-electron chi connectivity index (χ0n) is 18.0. The fourth-order valence-corrected chi connectivity index (χ4v) is 4.05. The number of nitrogens with zero attached hydrogens (tertiary/aromatic N) is 2. The lowest BCUT2D eigenvalue weighted by Gasteiger charge is -2.30. The molecule has 0 heterocycles. The maximum Gasteiger partial charge on any atom is 0.273 e. The van der Waals surface area contributed by atoms with Gasteiger partial charge in [-0.05, 0) is 37.8 Å². The largest absolute Gasteiger partial charge is 0.352 e. The highest BCUT2D eigenvalue weighted by atomic mass is 16.6. The topological polar surface area (TPSA) is 92.6 Å². The number of nitro groups is 1. The molecule has 31 heavy (non-hydrogen) atoms. The number of carbonyl (C=O) groups is 2. The molecule has 164 valence electrons. The quantitative estimate of drug-likeness (QED) is 0.514. The van der Waals surface area contributed by atoms with Crippen LogP contribution < -0.4 is 5.32 Å². The molecule has 1 N–H and O–H groups in total. The van der Waals surface area contributed by atoms with E-state index in [0.29, 0.717) is 5.56 Å². The summed E-state index contributed by atoms with van der Waals surface area (Å²) in [4.78, 5) is 38.7. The van der Waals surface area contributed by atoms with Crippen LogP contribution in [0.2, 0.25) is 0 Å². The van der Waals surface area contributed by atoms with Crippen LogP contribution in [0.25, 0.3) is 0 Å². The van der Waals surface area contributed by atoms with Crippen LogP contribution in [-0.4, -0.2) is 33.7 Å². The Bertz CT molecular complexity index is 953. The Hall–Kier alpha value is -3.22. The highest BCUT2D eigenvalue weighted by Gasteiger charge is 2.29. The zero-order chi connectivity index (χ0) is 22.4. The molecule has 0 bridgehead atoms. The minimum Gasteiger partial charge on any atom is -0.352 e. The molecule has 3 rings (SSSR count). The molecule has 0 aromatic heterocycles. The van der Waals surface area contributed by atoms with Crippen molar-refractivity contribution in [2.45, 2.75) is 64.6 Å². The first kappa shape index (κ1) is 22.5. The third kappa shape index (κ3) is 5.69. The second-order valence-corrected chi connectivity index (χ2v) is 8.18. The number of nitro benzene ring substituents is 1. The summed E-state index contributed by atoms with van der Waals surface area (Å²) in [5, 5.41) is 14.4. The van der Waals surface area contributed by atoms with Crippen molar-refractivity contribution in [1.29, 1.82) is 0 Å². The first-order valence-electron chi connectivity index (χ1n) is 10.7. The maximum atomic E-state index is 13.3. The predicted molar refractivity (Wildman–Crippen MR) is 118 cm³/mol. The number of para-hydroxylation sites is 1. The van der Waals surface area contributed by atoms with Gasteiger partial charge in [-0.2, -0.15) is 0 Å². The molecule has 0 aliphatic heterocycles. The molecule has 0 radical (unpaired) electrons. The van der Waals surface area contributed by atoms with Crippen LogP contribution in [0.1, 0.15) is 49.3 Å². The van der Waals surface area contributed by atoms with E-state index in [9.17, 15) is 19.7 Å². The third-order valence-electron chi connectivity index (χ3n) is 6.00. The molecule has 2 amide bonds. The van der Waals surface area contributed by atoms with Crippen molar-refractivity contribution in [3.8, 4) is 0 Å². The minimum absolute atomic E-state index is 0.0882. The van der Waals surface area contributed by atoms with Gasteiger partial charge < -0.3 is 10.2 Å². The van der Waals surface area contributed by atoms with Gasteiger partial charge in [0.25, 0.3) is 5.69 Å². The van der Waals surface area contributed by atoms with Crippen molar-refractivity contribution < 1.29 is 14.5 Å². The van der Waals surface area contributed by atoms with Gasteiger partial charge in [-0.1, -0.05) is 55.3 Å². The van der Waals surface area contributed by atoms with Crippen LogP contribution >= 0.6 is 0 Å². The molecular weight excluding hydrogens is 394 g/mol. The van der Waals surface area contributed by atoms with E-state index in [1.165, 1.54) is 11.0 Å². The molecule has 0 spiro atoms. The summed E-state index contributed by atoms with van der Waals surface area (Å²) in [6.45, 7) is 3.95. The Morgan fingerprint density at radius 3 is 2.35 bits per heavy atom. The van der Waals surface area contributed by atoms with Gasteiger partial charge in [0.15, 0.2) is 0 Å². The number of benzene rings is 2. The SMILES string of the molecule is Cc1ccccc1CN(C(=O)Cc1ccccc1[N+](=O)[O-])[C@@H](C)C(=O)NC1CCCC1. The van der Waals surface area contributed by atoms with Gasteiger partial charge in [-0.3, -0.25) is 19.7 Å². The normalized spacial score (nSPS) is 14.8. The van der Waals surface area contributed by atoms with Crippen molar-refractivity contribution in [2.75, 3.05) is 0 Å². The van der Waals surface area contributed by atoms with E-state index in [4.69, 9.17) is 0 Å². The van der Waals surface area contributed by atoms with Crippen molar-refractivity contribution in [1.82, 2.24) is 10.2 Å². The minimum atomic E-state index is -0.685. The molecule has 0 saturated heterocycles. The summed E-state index contributed by atoms with van der Waals surface area (Å²) >= 11 is 0. The van der Waals surface area contributed by atoms with E-state index in [2.05, 4.69) is 5.32 Å². The Labute approximate surface area is 182 Å². The fraction of sp³-hybridized carbons (Fsp3) is 0.417. The van der Waals surface area contributed by atoms with Gasteiger partial charge in [0.05, 0.1) is 11.3 Å². The van der Waals surface area contributed by atoms with Gasteiger partial charge in [0.2, 0.25) is 11.8 Å². The predicted octanol–water partition coefficient (Wildman–Crippen LogP) is 3.92. The van der Waals surface area contributed by atoms with Crippen LogP contribution in [-0.2, 0) is 22.6 Å². The van der Waals surface area contributed by atoms with Crippen LogP contribution in [0.4, 0.5) is 5.69 Å². The number of hydrogen-bond donors (Lipinski definition) is 1. The van der Waals surface area contributed by atoms with E-state index in [-0.39, 0.29) is 36.5 Å². The summed E-state index contributed by atoms with van der Waals surface area (Å²) in [5.74, 6) is -0.497. The Balaban J connectivity index is 1.84. The summed E-state index contributed by atoms with van der Waals surface area (Å²) < 4.78 is 0. The molecule has 1 saturated carbocycles. The van der Waals surface area contributed by atoms with Gasteiger partial charge in [-0.25, -0.2) is 0 Å². The van der Waals surface area contributed by atoms with Crippen molar-refractivity contribution in [3.63, 3.8) is 0 Å². The fourth-order valence-electron chi connectivity index (χ4n) is 4.05. The lowest BCUT2D eigenvalue weighted by molar-refractivity contribution is -0.385. The van der Waals surface area contributed by atoms with Crippen LogP contribution in [0.5, 0.6) is 0 Å². The number of nitrogens with one attached hydrogen (secondary N) is 1. The molecule has 2 aromatic rings. The summed E-state index contributed by atoms with van der Waals surface area (Å²) in [6, 6.07) is 13.4. The summed E-state index contributed by atoms with van der Waals surface area (Å²) in [5.41, 5.74) is 2.22. The first-order chi connectivity index (χ1) is 14.9. The van der Waals surface area contributed by atoms with Crippen LogP contribution in [0, 0.1) is 17.0 Å². The smallest absolute Gasteiger partial charge is 0.273 e. The molecule has 7 heteroatoms. The molecule has 1 atom stereocenters. The molecule has 1 fully saturated rings. The van der Waals surface area contributed by atoms with Crippen molar-refractivity contribution >= 4 is 17.5 Å². The van der Waals surface area contributed by atoms with Crippen LogP contribution in [0.3, 0.4) is 0 Å². The van der Waals surface area contributed by atoms with E-state index >= 15 is 0 Å². The number of rotatable bonds is 8. The highest BCUT2D eigenvalue weighted by molar-refractivity contribution is 5.88. The van der Waals surface area contributed by atoms with Gasteiger partial charge >= 0.3 is 0 Å². The molecule has 1 aliphatic carbocycles. The Morgan fingerprint density at radius 1 is 1.10 bits per heavy atom. The zero-order valence-corrected chi connectivity index (χ0v) is 18.0. The first-order valence-corrected chi connectivity index (χ1v) is 10.7. The second-order valence-electron chi connectivity index (χ2n) is 8.18. The second kappa shape index (κ2) is 10.2. The van der Waals surface area contributed by atoms with E-state index < -0.39 is 11.0 Å². The van der Waals surface area contributed by atoms with Crippen LogP contribution in [0.15, 0.2) is 48.5 Å². The molecule has 1 aliphatic rings. The monoisotopic (exact) mass is 423 g/mol. The average molecular weight is 424 g/mol. The number of aryl methyl sites for hydroxylation is 1. The summed E-state index contributed by atoms with van der Waals surface area (Å²) in [7, 11) is 0. The van der Waals surface area contributed by atoms with Gasteiger partial charge in [-0.15, -0.1) is 0 Å². The van der Waals surface area contributed by atoms with Crippen molar-refractivity contribution in [2.24, 2.45) is 0 Å². The lowest BCUT2D eigenvalue weighted by Crippen LogP contribution is -2.50. The van der Waals surface area contributed by atoms with E-state index in [0.717, 1.165) is 36.8 Å².